The number of hydroxylamine groups is 1. The average molecular weight is 408 g/mol. The van der Waals surface area contributed by atoms with Crippen molar-refractivity contribution in [3.05, 3.63) is 0 Å². The molecule has 0 bridgehead atoms. The molecule has 162 valence electrons. The number of carbonyl (C=O) groups excluding carboxylic acids is 1. The van der Waals surface area contributed by atoms with E-state index in [4.69, 9.17) is 0 Å². The normalized spacial score (nSPS) is 11.7. The zero-order chi connectivity index (χ0) is 20.2. The van der Waals surface area contributed by atoms with Crippen LogP contribution in [0.5, 0.6) is 0 Å². The summed E-state index contributed by atoms with van der Waals surface area (Å²) < 4.78 is 25.4. The smallest absolute Gasteiger partial charge is 0.289 e. The highest BCUT2D eigenvalue weighted by Crippen LogP contribution is 2.46. The van der Waals surface area contributed by atoms with Crippen LogP contribution in [0.1, 0.15) is 110 Å². The molecule has 1 amide bonds. The van der Waals surface area contributed by atoms with Crippen LogP contribution in [0.25, 0.3) is 0 Å². The van der Waals surface area contributed by atoms with Gasteiger partial charge in [-0.05, 0) is 6.42 Å². The first-order chi connectivity index (χ1) is 13.1. The van der Waals surface area contributed by atoms with Gasteiger partial charge in [-0.2, -0.15) is 4.62 Å². The molecule has 0 aliphatic carbocycles. The summed E-state index contributed by atoms with van der Waals surface area (Å²) in [6.45, 7) is 2.26. The van der Waals surface area contributed by atoms with Crippen LogP contribution in [-0.2, 0) is 23.0 Å². The van der Waals surface area contributed by atoms with Crippen LogP contribution in [0, 0.1) is 0 Å². The van der Waals surface area contributed by atoms with Gasteiger partial charge in [-0.3, -0.25) is 13.8 Å². The van der Waals surface area contributed by atoms with E-state index in [2.05, 4.69) is 26.1 Å². The van der Waals surface area contributed by atoms with E-state index in [1.54, 1.807) is 0 Å². The number of phosphoric ester groups is 1. The molecule has 0 aromatic carbocycles. The minimum Gasteiger partial charge on any atom is -0.289 e. The van der Waals surface area contributed by atoms with Crippen molar-refractivity contribution in [2.24, 2.45) is 0 Å². The van der Waals surface area contributed by atoms with Gasteiger partial charge in [0.2, 0.25) is 5.91 Å². The molecule has 0 aromatic rings. The Bertz CT molecular complexity index is 385. The van der Waals surface area contributed by atoms with Crippen LogP contribution in [0.4, 0.5) is 0 Å². The SMILES string of the molecule is CCCCCCCCCCCCCCCCCC(=O)NOP(=O)(OC)OC. The fraction of sp³-hybridized carbons (Fsp3) is 0.950. The highest BCUT2D eigenvalue weighted by molar-refractivity contribution is 7.48. The number of hydrogen-bond acceptors (Lipinski definition) is 5. The lowest BCUT2D eigenvalue weighted by molar-refractivity contribution is -0.128. The molecule has 0 saturated heterocycles. The zero-order valence-corrected chi connectivity index (χ0v) is 18.7. The second kappa shape index (κ2) is 18.9. The molecule has 6 nitrogen and oxygen atoms in total. The van der Waals surface area contributed by atoms with Crippen LogP contribution in [0.15, 0.2) is 0 Å². The summed E-state index contributed by atoms with van der Waals surface area (Å²) in [5, 5.41) is 0. The predicted molar refractivity (Wildman–Crippen MR) is 110 cm³/mol. The van der Waals surface area contributed by atoms with Crippen molar-refractivity contribution < 1.29 is 23.0 Å². The van der Waals surface area contributed by atoms with Crippen molar-refractivity contribution >= 4 is 13.7 Å². The van der Waals surface area contributed by atoms with E-state index in [-0.39, 0.29) is 5.91 Å². The summed E-state index contributed by atoms with van der Waals surface area (Å²) in [5.41, 5.74) is 2.12. The van der Waals surface area contributed by atoms with Gasteiger partial charge in [-0.1, -0.05) is 96.8 Å². The van der Waals surface area contributed by atoms with Crippen molar-refractivity contribution in [3.8, 4) is 0 Å². The summed E-state index contributed by atoms with van der Waals surface area (Å²) in [6.07, 6.45) is 19.7. The lowest BCUT2D eigenvalue weighted by atomic mass is 10.0. The van der Waals surface area contributed by atoms with E-state index in [0.29, 0.717) is 6.42 Å². The van der Waals surface area contributed by atoms with Gasteiger partial charge in [0, 0.05) is 20.6 Å². The molecule has 0 aliphatic rings. The van der Waals surface area contributed by atoms with Gasteiger partial charge < -0.3 is 0 Å². The third-order valence-electron chi connectivity index (χ3n) is 4.73. The Morgan fingerprint density at radius 2 is 1.07 bits per heavy atom. The Kier molecular flexibility index (Phi) is 18.6. The Balaban J connectivity index is 3.29. The summed E-state index contributed by atoms with van der Waals surface area (Å²) >= 11 is 0. The first kappa shape index (κ1) is 26.6. The number of hydrogen-bond donors (Lipinski definition) is 1. The number of phosphoric acid groups is 1. The Labute approximate surface area is 166 Å². The second-order valence-electron chi connectivity index (χ2n) is 7.13. The van der Waals surface area contributed by atoms with Gasteiger partial charge in [-0.15, -0.1) is 0 Å². The van der Waals surface area contributed by atoms with Crippen LogP contribution in [0.2, 0.25) is 0 Å². The molecule has 0 fully saturated rings. The topological polar surface area (TPSA) is 73.9 Å². The number of unbranched alkanes of at least 4 members (excludes halogenated alkanes) is 14. The van der Waals surface area contributed by atoms with E-state index >= 15 is 0 Å². The Hall–Kier alpha value is -0.420. The molecule has 0 radical (unpaired) electrons. The standard InChI is InChI=1S/C20H42NO5P/c1-4-5-6-7-8-9-10-11-12-13-14-15-16-17-18-19-20(22)21-26-27(23,24-2)25-3/h4-19H2,1-3H3,(H,21,22). The molecule has 0 heterocycles. The third kappa shape index (κ3) is 17.4. The third-order valence-corrected chi connectivity index (χ3v) is 5.94. The van der Waals surface area contributed by atoms with Crippen LogP contribution >= 0.6 is 7.82 Å². The molecular formula is C20H42NO5P. The van der Waals surface area contributed by atoms with E-state index in [9.17, 15) is 9.36 Å². The lowest BCUT2D eigenvalue weighted by Crippen LogP contribution is -2.22. The molecule has 7 heteroatoms. The van der Waals surface area contributed by atoms with Crippen LogP contribution < -0.4 is 5.48 Å². The van der Waals surface area contributed by atoms with Gasteiger partial charge in [0.1, 0.15) is 0 Å². The molecule has 0 unspecified atom stereocenters. The van der Waals surface area contributed by atoms with Crippen molar-refractivity contribution in [2.75, 3.05) is 14.2 Å². The maximum atomic E-state index is 11.6. The van der Waals surface area contributed by atoms with Crippen molar-refractivity contribution in [1.29, 1.82) is 0 Å². The Morgan fingerprint density at radius 3 is 1.44 bits per heavy atom. The second-order valence-corrected chi connectivity index (χ2v) is 8.94. The first-order valence-electron chi connectivity index (χ1n) is 10.8. The number of amides is 1. The molecule has 0 aliphatic heterocycles. The molecular weight excluding hydrogens is 365 g/mol. The van der Waals surface area contributed by atoms with Gasteiger partial charge in [0.25, 0.3) is 0 Å². The Morgan fingerprint density at radius 1 is 0.704 bits per heavy atom. The number of rotatable bonds is 20. The molecule has 1 N–H and O–H groups in total. The largest absolute Gasteiger partial charge is 0.495 e. The van der Waals surface area contributed by atoms with Gasteiger partial charge in [-0.25, -0.2) is 10.0 Å². The van der Waals surface area contributed by atoms with Gasteiger partial charge >= 0.3 is 7.82 Å². The highest BCUT2D eigenvalue weighted by atomic mass is 31.2. The molecule has 0 aromatic heterocycles. The van der Waals surface area contributed by atoms with Gasteiger partial charge in [0.15, 0.2) is 0 Å². The minimum atomic E-state index is -3.64. The van der Waals surface area contributed by atoms with E-state index in [1.165, 1.54) is 91.3 Å². The maximum absolute atomic E-state index is 11.6. The van der Waals surface area contributed by atoms with Crippen molar-refractivity contribution in [1.82, 2.24) is 5.48 Å². The van der Waals surface area contributed by atoms with E-state index in [0.717, 1.165) is 19.3 Å². The average Bonchev–Trinajstić information content (AvgIpc) is 2.69. The quantitative estimate of drug-likeness (QED) is 0.138. The summed E-state index contributed by atoms with van der Waals surface area (Å²) in [4.78, 5) is 11.6. The van der Waals surface area contributed by atoms with Crippen molar-refractivity contribution in [2.45, 2.75) is 110 Å². The first-order valence-corrected chi connectivity index (χ1v) is 12.2. The molecule has 27 heavy (non-hydrogen) atoms. The number of nitrogens with one attached hydrogen (secondary N) is 1. The van der Waals surface area contributed by atoms with Crippen molar-refractivity contribution in [3.63, 3.8) is 0 Å². The summed E-state index contributed by atoms with van der Waals surface area (Å²) in [7, 11) is -1.24. The fourth-order valence-corrected chi connectivity index (χ4v) is 3.48. The van der Waals surface area contributed by atoms with Crippen LogP contribution in [-0.4, -0.2) is 20.1 Å². The molecule has 0 atom stereocenters. The maximum Gasteiger partial charge on any atom is 0.495 e. The fourth-order valence-electron chi connectivity index (χ4n) is 2.96. The van der Waals surface area contributed by atoms with Crippen LogP contribution in [0.3, 0.4) is 0 Å². The summed E-state index contributed by atoms with van der Waals surface area (Å²) in [6, 6.07) is 0. The minimum absolute atomic E-state index is 0.306. The van der Waals surface area contributed by atoms with Gasteiger partial charge in [0.05, 0.1) is 0 Å². The molecule has 0 rings (SSSR count). The molecule has 0 spiro atoms. The molecule has 0 saturated carbocycles. The predicted octanol–water partition coefficient (Wildman–Crippen LogP) is 6.70. The monoisotopic (exact) mass is 407 g/mol. The summed E-state index contributed by atoms with van der Waals surface area (Å²) in [5.74, 6) is -0.306. The van der Waals surface area contributed by atoms with E-state index in [1.807, 2.05) is 0 Å². The lowest BCUT2D eigenvalue weighted by Gasteiger charge is -2.12. The van der Waals surface area contributed by atoms with E-state index < -0.39 is 7.82 Å². The number of carbonyl (C=O) groups is 1. The highest BCUT2D eigenvalue weighted by Gasteiger charge is 2.24. The zero-order valence-electron chi connectivity index (χ0n) is 17.8.